The molecule has 0 saturated carbocycles. The Morgan fingerprint density at radius 3 is 2.31 bits per heavy atom. The molecule has 0 bridgehead atoms. The van der Waals surface area contributed by atoms with Crippen LogP contribution in [0.25, 0.3) is 11.0 Å². The lowest BCUT2D eigenvalue weighted by atomic mass is 10.3. The average molecular weight is 435 g/mol. The van der Waals surface area contributed by atoms with Gasteiger partial charge in [0.15, 0.2) is 11.3 Å². The highest BCUT2D eigenvalue weighted by Gasteiger charge is 2.21. The second-order valence-corrected chi connectivity index (χ2v) is 9.28. The zero-order valence-corrected chi connectivity index (χ0v) is 16.4. The zero-order chi connectivity index (χ0) is 20.6. The van der Waals surface area contributed by atoms with Gasteiger partial charge in [-0.25, -0.2) is 21.5 Å². The molecule has 2 N–H and O–H groups in total. The fraction of sp³-hybridized carbons (Fsp3) is 0.0625. The summed E-state index contributed by atoms with van der Waals surface area (Å²) in [6, 6.07) is 11.0. The molecule has 0 atom stereocenters. The summed E-state index contributed by atoms with van der Waals surface area (Å²) in [4.78, 5) is -0.195. The van der Waals surface area contributed by atoms with E-state index in [0.29, 0.717) is 11.3 Å². The van der Waals surface area contributed by atoms with Crippen molar-refractivity contribution >= 4 is 42.6 Å². The van der Waals surface area contributed by atoms with Crippen LogP contribution in [0.2, 0.25) is 0 Å². The van der Waals surface area contributed by atoms with Gasteiger partial charge in [-0.2, -0.15) is 0 Å². The number of hydrogen-bond donors (Lipinski definition) is 2. The second-order valence-electron chi connectivity index (χ2n) is 5.95. The van der Waals surface area contributed by atoms with Gasteiger partial charge in [-0.3, -0.25) is 9.44 Å². The largest absolute Gasteiger partial charge is 0.360 e. The molecule has 0 fully saturated rings. The maximum absolute atomic E-state index is 12.7. The summed E-state index contributed by atoms with van der Waals surface area (Å²) in [6.07, 6.45) is 0. The molecule has 2 aromatic heterocycles. The van der Waals surface area contributed by atoms with E-state index in [1.807, 2.05) is 0 Å². The van der Waals surface area contributed by atoms with Crippen LogP contribution < -0.4 is 9.44 Å². The minimum atomic E-state index is -4.00. The molecule has 0 radical (unpaired) electrons. The van der Waals surface area contributed by atoms with Crippen LogP contribution in [-0.4, -0.2) is 32.3 Å². The van der Waals surface area contributed by atoms with E-state index >= 15 is 0 Å². The summed E-state index contributed by atoms with van der Waals surface area (Å²) in [7, 11) is -7.92. The molecular formula is C16H13N5O6S2. The molecule has 2 aromatic carbocycles. The number of anilines is 2. The third-order valence-corrected chi connectivity index (χ3v) is 6.61. The maximum atomic E-state index is 12.7. The summed E-state index contributed by atoms with van der Waals surface area (Å²) in [6.45, 7) is 1.63. The van der Waals surface area contributed by atoms with Gasteiger partial charge < -0.3 is 4.52 Å². The fourth-order valence-electron chi connectivity index (χ4n) is 2.52. The quantitative estimate of drug-likeness (QED) is 0.463. The Hall–Kier alpha value is -3.45. The summed E-state index contributed by atoms with van der Waals surface area (Å²) < 4.78 is 64.1. The topological polar surface area (TPSA) is 157 Å². The van der Waals surface area contributed by atoms with Gasteiger partial charge in [0, 0.05) is 11.8 Å². The maximum Gasteiger partial charge on any atom is 0.264 e. The predicted molar refractivity (Wildman–Crippen MR) is 101 cm³/mol. The summed E-state index contributed by atoms with van der Waals surface area (Å²) in [5, 5.41) is 10.8. The van der Waals surface area contributed by atoms with Crippen LogP contribution in [0.15, 0.2) is 67.5 Å². The van der Waals surface area contributed by atoms with Crippen molar-refractivity contribution in [1.29, 1.82) is 0 Å². The van der Waals surface area contributed by atoms with Crippen molar-refractivity contribution in [1.82, 2.24) is 15.5 Å². The molecule has 0 aliphatic rings. The number of aryl methyl sites for hydroxylation is 1. The van der Waals surface area contributed by atoms with Crippen LogP contribution in [0.3, 0.4) is 0 Å². The second kappa shape index (κ2) is 6.86. The van der Waals surface area contributed by atoms with Gasteiger partial charge in [0.1, 0.15) is 16.2 Å². The van der Waals surface area contributed by atoms with Crippen LogP contribution in [0.5, 0.6) is 0 Å². The van der Waals surface area contributed by atoms with Crippen LogP contribution in [0.4, 0.5) is 11.5 Å². The molecule has 0 unspecified atom stereocenters. The van der Waals surface area contributed by atoms with Crippen LogP contribution in [0.1, 0.15) is 5.76 Å². The van der Waals surface area contributed by atoms with Gasteiger partial charge in [-0.1, -0.05) is 11.2 Å². The Kier molecular flexibility index (Phi) is 4.47. The van der Waals surface area contributed by atoms with Gasteiger partial charge in [0.05, 0.1) is 4.90 Å². The van der Waals surface area contributed by atoms with Crippen molar-refractivity contribution < 1.29 is 26.0 Å². The van der Waals surface area contributed by atoms with E-state index in [1.165, 1.54) is 42.5 Å². The van der Waals surface area contributed by atoms with E-state index in [1.54, 1.807) is 13.0 Å². The van der Waals surface area contributed by atoms with Crippen molar-refractivity contribution in [2.45, 2.75) is 16.7 Å². The number of hydrogen-bond acceptors (Lipinski definition) is 9. The first-order chi connectivity index (χ1) is 13.7. The smallest absolute Gasteiger partial charge is 0.264 e. The molecule has 0 aliphatic heterocycles. The number of benzene rings is 2. The first-order valence-corrected chi connectivity index (χ1v) is 11.0. The molecule has 4 aromatic rings. The minimum Gasteiger partial charge on any atom is -0.360 e. The molecule has 0 spiro atoms. The van der Waals surface area contributed by atoms with Crippen molar-refractivity contribution in [3.8, 4) is 0 Å². The van der Waals surface area contributed by atoms with Crippen LogP contribution in [-0.2, 0) is 20.0 Å². The highest BCUT2D eigenvalue weighted by molar-refractivity contribution is 7.93. The SMILES string of the molecule is Cc1cc(NS(=O)(=O)c2ccc(NS(=O)(=O)c3cccc4nonc34)cc2)no1. The van der Waals surface area contributed by atoms with Crippen molar-refractivity contribution in [2.75, 3.05) is 9.44 Å². The van der Waals surface area contributed by atoms with E-state index in [2.05, 4.69) is 29.5 Å². The number of fused-ring (bicyclic) bond motifs is 1. The number of rotatable bonds is 6. The highest BCUT2D eigenvalue weighted by atomic mass is 32.2. The number of nitrogens with zero attached hydrogens (tertiary/aromatic N) is 3. The van der Waals surface area contributed by atoms with E-state index in [4.69, 9.17) is 4.52 Å². The van der Waals surface area contributed by atoms with Crippen molar-refractivity contribution in [3.05, 3.63) is 54.3 Å². The average Bonchev–Trinajstić information content (AvgIpc) is 3.29. The molecule has 0 amide bonds. The normalized spacial score (nSPS) is 12.2. The Bertz CT molecular complexity index is 1390. The Balaban J connectivity index is 1.57. The lowest BCUT2D eigenvalue weighted by Gasteiger charge is -2.09. The van der Waals surface area contributed by atoms with Gasteiger partial charge in [-0.05, 0) is 53.6 Å². The molecule has 2 heterocycles. The molecule has 29 heavy (non-hydrogen) atoms. The molecular weight excluding hydrogens is 422 g/mol. The van der Waals surface area contributed by atoms with Gasteiger partial charge in [0.2, 0.25) is 0 Å². The van der Waals surface area contributed by atoms with E-state index in [-0.39, 0.29) is 26.8 Å². The Morgan fingerprint density at radius 1 is 0.862 bits per heavy atom. The Labute approximate surface area is 164 Å². The van der Waals surface area contributed by atoms with Gasteiger partial charge >= 0.3 is 0 Å². The molecule has 0 aliphatic carbocycles. The molecule has 13 heteroatoms. The minimum absolute atomic E-state index is 0.0431. The van der Waals surface area contributed by atoms with E-state index in [9.17, 15) is 16.8 Å². The molecule has 150 valence electrons. The number of aromatic nitrogens is 3. The number of sulfonamides is 2. The molecule has 0 saturated heterocycles. The van der Waals surface area contributed by atoms with Gasteiger partial charge in [0.25, 0.3) is 20.0 Å². The molecule has 11 nitrogen and oxygen atoms in total. The summed E-state index contributed by atoms with van der Waals surface area (Å²) in [5.74, 6) is 0.492. The summed E-state index contributed by atoms with van der Waals surface area (Å²) in [5.41, 5.74) is 0.546. The highest BCUT2D eigenvalue weighted by Crippen LogP contribution is 2.24. The Morgan fingerprint density at radius 2 is 1.62 bits per heavy atom. The van der Waals surface area contributed by atoms with E-state index < -0.39 is 20.0 Å². The van der Waals surface area contributed by atoms with E-state index in [0.717, 1.165) is 0 Å². The fourth-order valence-corrected chi connectivity index (χ4v) is 4.72. The monoisotopic (exact) mass is 435 g/mol. The predicted octanol–water partition coefficient (Wildman–Crippen LogP) is 2.12. The van der Waals surface area contributed by atoms with Crippen LogP contribution >= 0.6 is 0 Å². The lowest BCUT2D eigenvalue weighted by molar-refractivity contribution is 0.315. The third-order valence-electron chi connectivity index (χ3n) is 3.82. The van der Waals surface area contributed by atoms with Crippen LogP contribution in [0, 0.1) is 6.92 Å². The number of nitrogens with one attached hydrogen (secondary N) is 2. The summed E-state index contributed by atoms with van der Waals surface area (Å²) >= 11 is 0. The van der Waals surface area contributed by atoms with Crippen molar-refractivity contribution in [3.63, 3.8) is 0 Å². The van der Waals surface area contributed by atoms with Gasteiger partial charge in [-0.15, -0.1) is 0 Å². The first kappa shape index (κ1) is 18.9. The first-order valence-electron chi connectivity index (χ1n) is 8.05. The standard InChI is InChI=1S/C16H13N5O6S2/c1-10-9-15(18-26-10)21-28(22,23)12-7-5-11(6-8-12)20-29(24,25)14-4-2-3-13-16(14)19-27-17-13/h2-9,20H,1H3,(H,18,21). The third kappa shape index (κ3) is 3.77. The molecule has 4 rings (SSSR count). The van der Waals surface area contributed by atoms with Crippen molar-refractivity contribution in [2.24, 2.45) is 0 Å². The zero-order valence-electron chi connectivity index (χ0n) is 14.7. The lowest BCUT2D eigenvalue weighted by Crippen LogP contribution is -2.15.